The fourth-order valence-electron chi connectivity index (χ4n) is 4.48. The van der Waals surface area contributed by atoms with Crippen LogP contribution in [0.3, 0.4) is 0 Å². The predicted molar refractivity (Wildman–Crippen MR) is 131 cm³/mol. The van der Waals surface area contributed by atoms with Crippen LogP contribution in [0.5, 0.6) is 0 Å². The van der Waals surface area contributed by atoms with Crippen molar-refractivity contribution >= 4 is 38.1 Å². The summed E-state index contributed by atoms with van der Waals surface area (Å²) >= 11 is 6.18. The molecule has 1 aliphatic heterocycles. The van der Waals surface area contributed by atoms with E-state index in [0.29, 0.717) is 50.5 Å². The third-order valence-corrected chi connectivity index (χ3v) is 8.26. The summed E-state index contributed by atoms with van der Waals surface area (Å²) < 4.78 is 38.8. The molecule has 35 heavy (non-hydrogen) atoms. The minimum absolute atomic E-state index is 0.0321. The number of hydrogen-bond acceptors (Lipinski definition) is 6. The topological polar surface area (TPSA) is 102 Å². The van der Waals surface area contributed by atoms with Gasteiger partial charge in [0.05, 0.1) is 40.0 Å². The van der Waals surface area contributed by atoms with E-state index in [9.17, 15) is 22.7 Å². The average Bonchev–Trinajstić information content (AvgIpc) is 3.38. The van der Waals surface area contributed by atoms with Gasteiger partial charge in [-0.25, -0.2) is 17.5 Å². The predicted octanol–water partition coefficient (Wildman–Crippen LogP) is 4.38. The molecule has 1 N–H and O–H groups in total. The number of rotatable bonds is 6. The van der Waals surface area contributed by atoms with Crippen molar-refractivity contribution in [2.75, 3.05) is 11.5 Å². The molecule has 0 saturated carbocycles. The van der Waals surface area contributed by atoms with Gasteiger partial charge in [0.25, 0.3) is 0 Å². The molecule has 7 nitrogen and oxygen atoms in total. The Kier molecular flexibility index (Phi) is 6.16. The van der Waals surface area contributed by atoms with E-state index >= 15 is 0 Å². The standard InChI is InChI=1S/C25H21ClFN3O4S/c26-17-11-21(22(13-31)28-12-17)25-20-6-1-16(24(32)9-15-7-8-35(33,34)14-15)10-23(20)30(29-25)19-4-2-18(27)3-5-19/h1-6,10-12,15,31H,7-9,13-14H2. The Morgan fingerprint density at radius 2 is 1.94 bits per heavy atom. The van der Waals surface area contributed by atoms with Crippen molar-refractivity contribution in [3.63, 3.8) is 0 Å². The van der Waals surface area contributed by atoms with Crippen molar-refractivity contribution < 1.29 is 22.7 Å². The van der Waals surface area contributed by atoms with Gasteiger partial charge in [-0.3, -0.25) is 9.78 Å². The third-order valence-electron chi connectivity index (χ3n) is 6.22. The summed E-state index contributed by atoms with van der Waals surface area (Å²) in [4.78, 5) is 17.2. The number of hydrogen-bond donors (Lipinski definition) is 1. The van der Waals surface area contributed by atoms with Crippen LogP contribution < -0.4 is 0 Å². The molecule has 0 aliphatic carbocycles. The van der Waals surface area contributed by atoms with Crippen molar-refractivity contribution in [2.45, 2.75) is 19.4 Å². The van der Waals surface area contributed by atoms with Gasteiger partial charge < -0.3 is 5.11 Å². The normalized spacial score (nSPS) is 17.2. The number of carbonyl (C=O) groups is 1. The van der Waals surface area contributed by atoms with E-state index < -0.39 is 15.7 Å². The Morgan fingerprint density at radius 1 is 1.17 bits per heavy atom. The summed E-state index contributed by atoms with van der Waals surface area (Å²) in [5.41, 5.74) is 3.05. The molecular formula is C25H21ClFN3O4S. The first kappa shape index (κ1) is 23.6. The van der Waals surface area contributed by atoms with Crippen molar-refractivity contribution in [2.24, 2.45) is 5.92 Å². The molecule has 1 unspecified atom stereocenters. The number of pyridine rings is 1. The van der Waals surface area contributed by atoms with Crippen LogP contribution in [0, 0.1) is 11.7 Å². The van der Waals surface area contributed by atoms with Crippen molar-refractivity contribution in [1.29, 1.82) is 0 Å². The molecule has 0 radical (unpaired) electrons. The molecule has 5 rings (SSSR count). The van der Waals surface area contributed by atoms with Crippen LogP contribution in [0.4, 0.5) is 4.39 Å². The van der Waals surface area contributed by atoms with Crippen LogP contribution in [0.15, 0.2) is 54.7 Å². The Bertz CT molecular complexity index is 1550. The minimum Gasteiger partial charge on any atom is -0.390 e. The lowest BCUT2D eigenvalue weighted by Gasteiger charge is -2.08. The number of aliphatic hydroxyl groups is 1. The van der Waals surface area contributed by atoms with Gasteiger partial charge in [0.1, 0.15) is 11.5 Å². The van der Waals surface area contributed by atoms with Gasteiger partial charge in [0.2, 0.25) is 0 Å². The number of benzene rings is 2. The molecule has 2 aromatic heterocycles. The molecule has 180 valence electrons. The van der Waals surface area contributed by atoms with Crippen LogP contribution >= 0.6 is 11.6 Å². The Morgan fingerprint density at radius 3 is 2.63 bits per heavy atom. The van der Waals surface area contributed by atoms with Crippen LogP contribution in [0.2, 0.25) is 5.02 Å². The van der Waals surface area contributed by atoms with Crippen molar-refractivity contribution in [3.8, 4) is 16.9 Å². The van der Waals surface area contributed by atoms with Crippen LogP contribution in [-0.2, 0) is 16.4 Å². The number of ketones is 1. The largest absolute Gasteiger partial charge is 0.390 e. The van der Waals surface area contributed by atoms with Gasteiger partial charge in [-0.2, -0.15) is 5.10 Å². The van der Waals surface area contributed by atoms with Gasteiger partial charge >= 0.3 is 0 Å². The zero-order valence-corrected chi connectivity index (χ0v) is 20.1. The Hall–Kier alpha value is -3.14. The zero-order valence-electron chi connectivity index (χ0n) is 18.5. The highest BCUT2D eigenvalue weighted by atomic mass is 35.5. The third kappa shape index (κ3) is 4.71. The van der Waals surface area contributed by atoms with E-state index in [1.54, 1.807) is 41.1 Å². The van der Waals surface area contributed by atoms with E-state index in [1.807, 2.05) is 0 Å². The summed E-state index contributed by atoms with van der Waals surface area (Å²) in [7, 11) is -3.08. The number of nitrogens with zero attached hydrogens (tertiary/aromatic N) is 3. The summed E-state index contributed by atoms with van der Waals surface area (Å²) in [5.74, 6) is -0.585. The summed E-state index contributed by atoms with van der Waals surface area (Å²) in [5, 5.41) is 15.6. The molecule has 0 spiro atoms. The molecule has 2 aromatic carbocycles. The lowest BCUT2D eigenvalue weighted by molar-refractivity contribution is 0.0966. The fourth-order valence-corrected chi connectivity index (χ4v) is 6.50. The lowest BCUT2D eigenvalue weighted by Crippen LogP contribution is -2.11. The SMILES string of the molecule is O=C(CC1CCS(=O)(=O)C1)c1ccc2c(-c3cc(Cl)cnc3CO)nn(-c3ccc(F)cc3)c2c1. The molecule has 0 bridgehead atoms. The molecule has 0 amide bonds. The minimum atomic E-state index is -3.08. The van der Waals surface area contributed by atoms with E-state index in [1.165, 1.54) is 18.3 Å². The van der Waals surface area contributed by atoms with E-state index in [0.717, 1.165) is 0 Å². The number of aromatic nitrogens is 3. The summed E-state index contributed by atoms with van der Waals surface area (Å²) in [6.07, 6.45) is 2.07. The first-order valence-electron chi connectivity index (χ1n) is 11.0. The molecule has 1 aliphatic rings. The second-order valence-electron chi connectivity index (χ2n) is 8.67. The Balaban J connectivity index is 1.63. The molecule has 10 heteroatoms. The maximum Gasteiger partial charge on any atom is 0.163 e. The van der Waals surface area contributed by atoms with Crippen LogP contribution in [0.1, 0.15) is 28.9 Å². The first-order chi connectivity index (χ1) is 16.7. The smallest absolute Gasteiger partial charge is 0.163 e. The quantitative estimate of drug-likeness (QED) is 0.384. The monoisotopic (exact) mass is 513 g/mol. The Labute approximate surface area is 206 Å². The molecule has 1 saturated heterocycles. The van der Waals surface area contributed by atoms with Gasteiger partial charge in [-0.15, -0.1) is 0 Å². The maximum atomic E-state index is 13.6. The number of aliphatic hydroxyl groups excluding tert-OH is 1. The highest BCUT2D eigenvalue weighted by Crippen LogP contribution is 2.34. The van der Waals surface area contributed by atoms with Gasteiger partial charge in [-0.05, 0) is 54.8 Å². The number of halogens is 2. The van der Waals surface area contributed by atoms with E-state index in [-0.39, 0.29) is 36.2 Å². The zero-order chi connectivity index (χ0) is 24.7. The van der Waals surface area contributed by atoms with Gasteiger partial charge in [0.15, 0.2) is 15.6 Å². The molecule has 1 fully saturated rings. The summed E-state index contributed by atoms with van der Waals surface area (Å²) in [6, 6.07) is 12.6. The maximum absolute atomic E-state index is 13.6. The molecule has 4 aromatic rings. The van der Waals surface area contributed by atoms with Crippen molar-refractivity contribution in [3.05, 3.63) is 76.8 Å². The number of sulfone groups is 1. The van der Waals surface area contributed by atoms with E-state index in [4.69, 9.17) is 16.7 Å². The number of fused-ring (bicyclic) bond motifs is 1. The average molecular weight is 514 g/mol. The summed E-state index contributed by atoms with van der Waals surface area (Å²) in [6.45, 7) is -0.321. The van der Waals surface area contributed by atoms with Crippen molar-refractivity contribution in [1.82, 2.24) is 14.8 Å². The lowest BCUT2D eigenvalue weighted by atomic mass is 9.96. The van der Waals surface area contributed by atoms with Crippen LogP contribution in [-0.4, -0.2) is 45.6 Å². The first-order valence-corrected chi connectivity index (χ1v) is 13.2. The van der Waals surface area contributed by atoms with E-state index in [2.05, 4.69) is 4.98 Å². The van der Waals surface area contributed by atoms with Gasteiger partial charge in [0, 0.05) is 29.1 Å². The fraction of sp³-hybridized carbons (Fsp3) is 0.240. The molecule has 3 heterocycles. The molecule has 1 atom stereocenters. The highest BCUT2D eigenvalue weighted by molar-refractivity contribution is 7.91. The number of carbonyl (C=O) groups excluding carboxylic acids is 1. The van der Waals surface area contributed by atoms with Gasteiger partial charge in [-0.1, -0.05) is 17.7 Å². The second-order valence-corrected chi connectivity index (χ2v) is 11.3. The second kappa shape index (κ2) is 9.14. The molecular weight excluding hydrogens is 493 g/mol. The highest BCUT2D eigenvalue weighted by Gasteiger charge is 2.30. The number of Topliss-reactive ketones (excluding diaryl/α,β-unsaturated/α-hetero) is 1. The van der Waals surface area contributed by atoms with Crippen LogP contribution in [0.25, 0.3) is 27.8 Å².